The number of ketones is 1. The summed E-state index contributed by atoms with van der Waals surface area (Å²) in [6.45, 7) is 1.72. The number of carboxylic acid groups (broad SMARTS) is 1. The first-order valence-electron chi connectivity index (χ1n) is 9.28. The van der Waals surface area contributed by atoms with Gasteiger partial charge in [-0.05, 0) is 48.0 Å². The quantitative estimate of drug-likeness (QED) is 0.393. The molecule has 0 fully saturated rings. The standard InChI is InChI=1S/C24H16F2O4/c1-2-19(27)21-18-12-14(16-4-3-5-17(22(16)26)24(28)29)8-11-20(18)30-23(21)13-6-9-15(25)10-7-13/h3-12H,2H2,1H3,(H,28,29). The average Bonchev–Trinajstić information content (AvgIpc) is 3.12. The van der Waals surface area contributed by atoms with E-state index in [1.807, 2.05) is 0 Å². The number of fused-ring (bicyclic) bond motifs is 1. The highest BCUT2D eigenvalue weighted by Gasteiger charge is 2.22. The van der Waals surface area contributed by atoms with E-state index in [0.29, 0.717) is 33.4 Å². The number of hydrogen-bond acceptors (Lipinski definition) is 3. The first-order valence-corrected chi connectivity index (χ1v) is 9.28. The Labute approximate surface area is 170 Å². The van der Waals surface area contributed by atoms with Gasteiger partial charge in [0.05, 0.1) is 11.1 Å². The molecule has 1 aromatic heterocycles. The van der Waals surface area contributed by atoms with E-state index in [0.717, 1.165) is 0 Å². The van der Waals surface area contributed by atoms with Gasteiger partial charge in [-0.15, -0.1) is 0 Å². The first-order chi connectivity index (χ1) is 14.4. The topological polar surface area (TPSA) is 67.5 Å². The Hall–Kier alpha value is -3.80. The van der Waals surface area contributed by atoms with E-state index >= 15 is 0 Å². The summed E-state index contributed by atoms with van der Waals surface area (Å²) in [5, 5.41) is 9.67. The van der Waals surface area contributed by atoms with Gasteiger partial charge < -0.3 is 9.52 Å². The predicted octanol–water partition coefficient (Wildman–Crippen LogP) is 6.34. The molecule has 0 amide bonds. The van der Waals surface area contributed by atoms with Crippen LogP contribution in [-0.4, -0.2) is 16.9 Å². The fourth-order valence-corrected chi connectivity index (χ4v) is 3.44. The van der Waals surface area contributed by atoms with Crippen molar-refractivity contribution in [1.29, 1.82) is 0 Å². The van der Waals surface area contributed by atoms with Gasteiger partial charge in [-0.3, -0.25) is 4.79 Å². The van der Waals surface area contributed by atoms with E-state index < -0.39 is 23.2 Å². The average molecular weight is 406 g/mol. The summed E-state index contributed by atoms with van der Waals surface area (Å²) < 4.78 is 34.0. The largest absolute Gasteiger partial charge is 0.478 e. The number of hydrogen-bond donors (Lipinski definition) is 1. The Morgan fingerprint density at radius 3 is 2.33 bits per heavy atom. The molecule has 0 aliphatic rings. The fourth-order valence-electron chi connectivity index (χ4n) is 3.44. The maximum Gasteiger partial charge on any atom is 0.338 e. The minimum atomic E-state index is -1.36. The number of halogens is 2. The second kappa shape index (κ2) is 7.55. The number of rotatable bonds is 5. The lowest BCUT2D eigenvalue weighted by molar-refractivity contribution is 0.0691. The van der Waals surface area contributed by atoms with Crippen molar-refractivity contribution in [3.63, 3.8) is 0 Å². The Balaban J connectivity index is 1.95. The van der Waals surface area contributed by atoms with Gasteiger partial charge in [0.1, 0.15) is 23.0 Å². The molecular formula is C24H16F2O4. The molecule has 0 spiro atoms. The number of carboxylic acids is 1. The maximum absolute atomic E-state index is 14.7. The maximum atomic E-state index is 14.7. The van der Waals surface area contributed by atoms with Gasteiger partial charge in [-0.2, -0.15) is 0 Å². The van der Waals surface area contributed by atoms with Crippen LogP contribution in [0.4, 0.5) is 8.78 Å². The zero-order valence-electron chi connectivity index (χ0n) is 15.9. The molecule has 3 aromatic carbocycles. The van der Waals surface area contributed by atoms with Crippen LogP contribution in [-0.2, 0) is 0 Å². The summed E-state index contributed by atoms with van der Waals surface area (Å²) >= 11 is 0. The molecule has 1 heterocycles. The minimum absolute atomic E-state index is 0.108. The van der Waals surface area contributed by atoms with Gasteiger partial charge in [-0.25, -0.2) is 13.6 Å². The molecule has 0 aliphatic carbocycles. The second-order valence-electron chi connectivity index (χ2n) is 6.77. The SMILES string of the molecule is CCC(=O)c1c(-c2ccc(F)cc2)oc2ccc(-c3cccc(C(=O)O)c3F)cc12. The normalized spacial score (nSPS) is 11.0. The van der Waals surface area contributed by atoms with Crippen LogP contribution in [0.5, 0.6) is 0 Å². The van der Waals surface area contributed by atoms with E-state index in [1.165, 1.54) is 42.5 Å². The summed E-state index contributed by atoms with van der Waals surface area (Å²) in [6.07, 6.45) is 0.218. The van der Waals surface area contributed by atoms with Gasteiger partial charge >= 0.3 is 5.97 Å². The van der Waals surface area contributed by atoms with E-state index in [2.05, 4.69) is 0 Å². The van der Waals surface area contributed by atoms with Crippen LogP contribution >= 0.6 is 0 Å². The van der Waals surface area contributed by atoms with E-state index in [4.69, 9.17) is 4.42 Å². The molecule has 0 saturated carbocycles. The summed E-state index contributed by atoms with van der Waals surface area (Å²) in [7, 11) is 0. The van der Waals surface area contributed by atoms with E-state index in [-0.39, 0.29) is 17.8 Å². The second-order valence-corrected chi connectivity index (χ2v) is 6.77. The molecule has 30 heavy (non-hydrogen) atoms. The summed E-state index contributed by atoms with van der Waals surface area (Å²) in [6, 6.07) is 14.6. The Kier molecular flexibility index (Phi) is 4.91. The van der Waals surface area contributed by atoms with Crippen molar-refractivity contribution in [1.82, 2.24) is 0 Å². The van der Waals surface area contributed by atoms with Crippen LogP contribution in [0.2, 0.25) is 0 Å². The minimum Gasteiger partial charge on any atom is -0.478 e. The van der Waals surface area contributed by atoms with Gasteiger partial charge in [-0.1, -0.05) is 25.1 Å². The highest BCUT2D eigenvalue weighted by atomic mass is 19.1. The van der Waals surface area contributed by atoms with Gasteiger partial charge in [0.2, 0.25) is 0 Å². The molecule has 0 bridgehead atoms. The van der Waals surface area contributed by atoms with Gasteiger partial charge in [0.25, 0.3) is 0 Å². The van der Waals surface area contributed by atoms with Crippen LogP contribution < -0.4 is 0 Å². The summed E-state index contributed by atoms with van der Waals surface area (Å²) in [5.41, 5.74) is 1.39. The molecule has 0 atom stereocenters. The lowest BCUT2D eigenvalue weighted by Crippen LogP contribution is -2.01. The molecule has 4 aromatic rings. The van der Waals surface area contributed by atoms with Crippen LogP contribution in [0.15, 0.2) is 65.1 Å². The number of benzene rings is 3. The van der Waals surface area contributed by atoms with Crippen LogP contribution in [0.25, 0.3) is 33.4 Å². The Morgan fingerprint density at radius 1 is 0.967 bits per heavy atom. The monoisotopic (exact) mass is 406 g/mol. The van der Waals surface area contributed by atoms with Crippen LogP contribution in [0.3, 0.4) is 0 Å². The van der Waals surface area contributed by atoms with Crippen molar-refractivity contribution in [2.75, 3.05) is 0 Å². The number of carbonyl (C=O) groups is 2. The van der Waals surface area contributed by atoms with Crippen molar-refractivity contribution in [2.24, 2.45) is 0 Å². The molecule has 0 unspecified atom stereocenters. The number of aromatic carboxylic acids is 1. The van der Waals surface area contributed by atoms with Crippen molar-refractivity contribution >= 4 is 22.7 Å². The molecule has 0 saturated heterocycles. The number of furan rings is 1. The third kappa shape index (κ3) is 3.26. The molecule has 150 valence electrons. The fraction of sp³-hybridized carbons (Fsp3) is 0.0833. The molecule has 0 aliphatic heterocycles. The summed E-state index contributed by atoms with van der Waals surface area (Å²) in [4.78, 5) is 24.0. The molecule has 6 heteroatoms. The first kappa shape index (κ1) is 19.5. The van der Waals surface area contributed by atoms with Crippen molar-refractivity contribution in [3.8, 4) is 22.5 Å². The summed E-state index contributed by atoms with van der Waals surface area (Å²) in [5.74, 6) is -2.48. The molecule has 1 N–H and O–H groups in total. The molecule has 4 nitrogen and oxygen atoms in total. The van der Waals surface area contributed by atoms with Gasteiger partial charge in [0, 0.05) is 22.9 Å². The van der Waals surface area contributed by atoms with Crippen LogP contribution in [0, 0.1) is 11.6 Å². The van der Waals surface area contributed by atoms with Crippen molar-refractivity contribution in [3.05, 3.63) is 83.4 Å². The smallest absolute Gasteiger partial charge is 0.338 e. The molecule has 0 radical (unpaired) electrons. The lowest BCUT2D eigenvalue weighted by atomic mass is 9.96. The van der Waals surface area contributed by atoms with Crippen molar-refractivity contribution in [2.45, 2.75) is 13.3 Å². The molecular weight excluding hydrogens is 390 g/mol. The Bertz CT molecular complexity index is 1290. The predicted molar refractivity (Wildman–Crippen MR) is 109 cm³/mol. The van der Waals surface area contributed by atoms with Crippen LogP contribution in [0.1, 0.15) is 34.1 Å². The third-order valence-corrected chi connectivity index (χ3v) is 4.93. The number of carbonyl (C=O) groups excluding carboxylic acids is 1. The number of Topliss-reactive ketones (excluding diaryl/α,β-unsaturated/α-hetero) is 1. The molecule has 4 rings (SSSR count). The van der Waals surface area contributed by atoms with Gasteiger partial charge in [0.15, 0.2) is 5.78 Å². The third-order valence-electron chi connectivity index (χ3n) is 4.93. The zero-order chi connectivity index (χ0) is 21.4. The van der Waals surface area contributed by atoms with E-state index in [9.17, 15) is 23.5 Å². The zero-order valence-corrected chi connectivity index (χ0v) is 15.9. The Morgan fingerprint density at radius 2 is 1.67 bits per heavy atom. The lowest BCUT2D eigenvalue weighted by Gasteiger charge is -2.06. The highest BCUT2D eigenvalue weighted by Crippen LogP contribution is 2.37. The van der Waals surface area contributed by atoms with Crippen molar-refractivity contribution < 1.29 is 27.9 Å². The van der Waals surface area contributed by atoms with E-state index in [1.54, 1.807) is 25.1 Å². The highest BCUT2D eigenvalue weighted by molar-refractivity contribution is 6.12.